The van der Waals surface area contributed by atoms with E-state index >= 15 is 0 Å². The fraction of sp³-hybridized carbons (Fsp3) is 0.440. The largest absolute Gasteiger partial charge is 0.484 e. The van der Waals surface area contributed by atoms with Crippen molar-refractivity contribution in [1.29, 1.82) is 0 Å². The van der Waals surface area contributed by atoms with Crippen LogP contribution in [0.3, 0.4) is 0 Å². The van der Waals surface area contributed by atoms with Crippen molar-refractivity contribution in [3.63, 3.8) is 0 Å². The summed E-state index contributed by atoms with van der Waals surface area (Å²) < 4.78 is 5.72. The minimum Gasteiger partial charge on any atom is -0.484 e. The highest BCUT2D eigenvalue weighted by molar-refractivity contribution is 5.88. The average molecular weight is 411 g/mol. The number of hydrogen-bond donors (Lipinski definition) is 1. The van der Waals surface area contributed by atoms with Crippen molar-refractivity contribution in [1.82, 2.24) is 10.2 Å². The lowest BCUT2D eigenvalue weighted by Gasteiger charge is -2.33. The van der Waals surface area contributed by atoms with Crippen LogP contribution in [-0.2, 0) is 16.1 Å². The summed E-state index contributed by atoms with van der Waals surface area (Å²) in [5, 5.41) is 3.01. The van der Waals surface area contributed by atoms with Crippen LogP contribution in [0.15, 0.2) is 48.5 Å². The molecule has 2 amide bonds. The van der Waals surface area contributed by atoms with Crippen LogP contribution in [0, 0.1) is 13.8 Å². The molecule has 1 N–H and O–H groups in total. The van der Waals surface area contributed by atoms with Crippen molar-refractivity contribution in [3.8, 4) is 5.75 Å². The Morgan fingerprint density at radius 2 is 1.67 bits per heavy atom. The van der Waals surface area contributed by atoms with Crippen LogP contribution in [0.2, 0.25) is 0 Å². The number of ether oxygens (including phenoxy) is 1. The predicted molar refractivity (Wildman–Crippen MR) is 120 cm³/mol. The number of amides is 2. The number of benzene rings is 2. The van der Waals surface area contributed by atoms with Crippen molar-refractivity contribution in [2.45, 2.75) is 66.1 Å². The average Bonchev–Trinajstić information content (AvgIpc) is 2.67. The van der Waals surface area contributed by atoms with Crippen molar-refractivity contribution in [3.05, 3.63) is 65.2 Å². The third kappa shape index (κ3) is 6.90. The number of carbonyl (C=O) groups is 2. The Morgan fingerprint density at radius 3 is 2.23 bits per heavy atom. The van der Waals surface area contributed by atoms with E-state index in [-0.39, 0.29) is 24.0 Å². The van der Waals surface area contributed by atoms with Crippen LogP contribution in [0.4, 0.5) is 0 Å². The molecule has 30 heavy (non-hydrogen) atoms. The van der Waals surface area contributed by atoms with Gasteiger partial charge in [0.05, 0.1) is 0 Å². The molecule has 0 spiro atoms. The molecule has 0 saturated carbocycles. The minimum atomic E-state index is -0.571. The number of rotatable bonds is 8. The Morgan fingerprint density at radius 1 is 1.03 bits per heavy atom. The summed E-state index contributed by atoms with van der Waals surface area (Å²) in [5.74, 6) is 0.272. The van der Waals surface area contributed by atoms with Crippen LogP contribution < -0.4 is 10.1 Å². The van der Waals surface area contributed by atoms with Crippen molar-refractivity contribution in [2.75, 3.05) is 6.61 Å². The van der Waals surface area contributed by atoms with E-state index in [4.69, 9.17) is 4.74 Å². The van der Waals surface area contributed by atoms with Gasteiger partial charge >= 0.3 is 0 Å². The van der Waals surface area contributed by atoms with Gasteiger partial charge in [-0.25, -0.2) is 0 Å². The Kier molecular flexibility index (Phi) is 8.04. The third-order valence-corrected chi connectivity index (χ3v) is 4.87. The van der Waals surface area contributed by atoms with Crippen molar-refractivity contribution < 1.29 is 14.3 Å². The second-order valence-corrected chi connectivity index (χ2v) is 8.71. The number of carbonyl (C=O) groups excluding carboxylic acids is 2. The first kappa shape index (κ1) is 23.5. The molecule has 2 rings (SSSR count). The summed E-state index contributed by atoms with van der Waals surface area (Å²) in [4.78, 5) is 27.8. The molecule has 0 aromatic heterocycles. The van der Waals surface area contributed by atoms with Gasteiger partial charge in [-0.3, -0.25) is 9.59 Å². The summed E-state index contributed by atoms with van der Waals surface area (Å²) in [5.41, 5.74) is 2.85. The van der Waals surface area contributed by atoms with Crippen LogP contribution in [0.25, 0.3) is 0 Å². The van der Waals surface area contributed by atoms with Gasteiger partial charge in [-0.15, -0.1) is 0 Å². The zero-order valence-corrected chi connectivity index (χ0v) is 19.0. The quantitative estimate of drug-likeness (QED) is 0.701. The Balaban J connectivity index is 2.24. The molecule has 0 aliphatic carbocycles. The molecule has 0 saturated heterocycles. The fourth-order valence-electron chi connectivity index (χ4n) is 3.21. The van der Waals surface area contributed by atoms with Crippen LogP contribution in [0.5, 0.6) is 5.75 Å². The lowest BCUT2D eigenvalue weighted by molar-refractivity contribution is -0.143. The second-order valence-electron chi connectivity index (χ2n) is 8.71. The van der Waals surface area contributed by atoms with Crippen LogP contribution in [-0.4, -0.2) is 34.9 Å². The Bertz CT molecular complexity index is 853. The highest BCUT2D eigenvalue weighted by Gasteiger charge is 2.31. The minimum absolute atomic E-state index is 0.117. The van der Waals surface area contributed by atoms with E-state index in [0.717, 1.165) is 16.7 Å². The van der Waals surface area contributed by atoms with E-state index in [1.165, 1.54) is 0 Å². The molecule has 1 atom stereocenters. The number of nitrogens with one attached hydrogen (secondary N) is 1. The monoisotopic (exact) mass is 410 g/mol. The maximum atomic E-state index is 13.2. The van der Waals surface area contributed by atoms with Gasteiger partial charge in [0.25, 0.3) is 5.91 Å². The van der Waals surface area contributed by atoms with E-state index in [1.54, 1.807) is 4.90 Å². The van der Waals surface area contributed by atoms with Crippen molar-refractivity contribution in [2.24, 2.45) is 0 Å². The molecule has 0 fully saturated rings. The standard InChI is InChI=1S/C25H34N2O3/c1-7-22(24(29)26-25(4,5)6)27(16-20-11-9-8-10-19(20)3)23(28)17-30-21-14-12-18(2)13-15-21/h8-15,22H,7,16-17H2,1-6H3,(H,26,29)/t22-/m0/s1. The van der Waals surface area contributed by atoms with E-state index in [2.05, 4.69) is 5.32 Å². The summed E-state index contributed by atoms with van der Waals surface area (Å²) in [6.45, 7) is 12.0. The van der Waals surface area contributed by atoms with E-state index in [9.17, 15) is 9.59 Å². The fourth-order valence-corrected chi connectivity index (χ4v) is 3.21. The maximum absolute atomic E-state index is 13.2. The molecule has 0 aliphatic rings. The zero-order valence-electron chi connectivity index (χ0n) is 19.0. The lowest BCUT2D eigenvalue weighted by Crippen LogP contribution is -2.54. The van der Waals surface area contributed by atoms with Gasteiger partial charge in [0.1, 0.15) is 11.8 Å². The third-order valence-electron chi connectivity index (χ3n) is 4.87. The molecule has 0 bridgehead atoms. The van der Waals surface area contributed by atoms with E-state index < -0.39 is 6.04 Å². The molecular weight excluding hydrogens is 376 g/mol. The van der Waals surface area contributed by atoms with Gasteiger partial charge in [-0.05, 0) is 64.3 Å². The summed E-state index contributed by atoms with van der Waals surface area (Å²) in [6.07, 6.45) is 0.518. The molecule has 0 unspecified atom stereocenters. The smallest absolute Gasteiger partial charge is 0.261 e. The Hall–Kier alpha value is -2.82. The molecule has 162 valence electrons. The van der Waals surface area contributed by atoms with Gasteiger partial charge in [0, 0.05) is 12.1 Å². The van der Waals surface area contributed by atoms with Gasteiger partial charge in [-0.2, -0.15) is 0 Å². The molecular formula is C25H34N2O3. The molecule has 2 aromatic rings. The summed E-state index contributed by atoms with van der Waals surface area (Å²) in [6, 6.07) is 14.9. The predicted octanol–water partition coefficient (Wildman–Crippen LogP) is 4.40. The zero-order chi connectivity index (χ0) is 22.3. The number of aryl methyl sites for hydroxylation is 2. The number of nitrogens with zero attached hydrogens (tertiary/aromatic N) is 1. The number of hydrogen-bond acceptors (Lipinski definition) is 3. The maximum Gasteiger partial charge on any atom is 0.261 e. The second kappa shape index (κ2) is 10.3. The molecule has 5 nitrogen and oxygen atoms in total. The Labute approximate surface area is 180 Å². The molecule has 0 aliphatic heterocycles. The normalized spacial score (nSPS) is 12.2. The lowest BCUT2D eigenvalue weighted by atomic mass is 10.0. The van der Waals surface area contributed by atoms with E-state index in [1.807, 2.05) is 90.1 Å². The van der Waals surface area contributed by atoms with Gasteiger partial charge in [0.2, 0.25) is 5.91 Å². The van der Waals surface area contributed by atoms with Crippen LogP contribution >= 0.6 is 0 Å². The molecule has 0 heterocycles. The molecule has 0 radical (unpaired) electrons. The van der Waals surface area contributed by atoms with Gasteiger partial charge < -0.3 is 15.0 Å². The first-order chi connectivity index (χ1) is 14.1. The van der Waals surface area contributed by atoms with Gasteiger partial charge in [0.15, 0.2) is 6.61 Å². The topological polar surface area (TPSA) is 58.6 Å². The van der Waals surface area contributed by atoms with Crippen molar-refractivity contribution >= 4 is 11.8 Å². The molecule has 5 heteroatoms. The molecule has 2 aromatic carbocycles. The van der Waals surface area contributed by atoms with Gasteiger partial charge in [-0.1, -0.05) is 48.9 Å². The SMILES string of the molecule is CC[C@@H](C(=O)NC(C)(C)C)N(Cc1ccccc1C)C(=O)COc1ccc(C)cc1. The summed E-state index contributed by atoms with van der Waals surface area (Å²) in [7, 11) is 0. The first-order valence-electron chi connectivity index (χ1n) is 10.5. The van der Waals surface area contributed by atoms with E-state index in [0.29, 0.717) is 18.7 Å². The highest BCUT2D eigenvalue weighted by atomic mass is 16.5. The summed E-state index contributed by atoms with van der Waals surface area (Å²) >= 11 is 0. The van der Waals surface area contributed by atoms with Crippen LogP contribution in [0.1, 0.15) is 50.8 Å². The highest BCUT2D eigenvalue weighted by Crippen LogP contribution is 2.17. The first-order valence-corrected chi connectivity index (χ1v) is 10.5.